The summed E-state index contributed by atoms with van der Waals surface area (Å²) in [5, 5.41) is 9.58. The molecule has 96 valence electrons. The first kappa shape index (κ1) is 14.3. The Bertz CT molecular complexity index is 409. The van der Waals surface area contributed by atoms with Crippen molar-refractivity contribution in [2.45, 2.75) is 18.6 Å². The molecule has 0 aromatic heterocycles. The number of phenols is 1. The number of hydrogen-bond acceptors (Lipinski definition) is 3. The van der Waals surface area contributed by atoms with Gasteiger partial charge in [0.1, 0.15) is 5.75 Å². The van der Waals surface area contributed by atoms with Crippen LogP contribution in [0.25, 0.3) is 0 Å². The molecule has 0 spiro atoms. The zero-order valence-electron chi connectivity index (χ0n) is 8.76. The lowest BCUT2D eigenvalue weighted by Gasteiger charge is -2.17. The van der Waals surface area contributed by atoms with Gasteiger partial charge in [-0.05, 0) is 25.1 Å². The highest BCUT2D eigenvalue weighted by atomic mass is 79.9. The Balaban J connectivity index is 3.28. The van der Waals surface area contributed by atoms with Crippen LogP contribution in [0.15, 0.2) is 16.6 Å². The number of aromatic hydroxyl groups is 1. The number of halogens is 4. The van der Waals surface area contributed by atoms with Crippen LogP contribution in [0.5, 0.6) is 5.75 Å². The van der Waals surface area contributed by atoms with Crippen molar-refractivity contribution in [3.05, 3.63) is 27.7 Å². The second-order valence-corrected chi connectivity index (χ2v) is 4.49. The molecule has 0 saturated heterocycles. The van der Waals surface area contributed by atoms with Crippen LogP contribution in [-0.4, -0.2) is 11.7 Å². The average Bonchev–Trinajstić information content (AvgIpc) is 2.19. The third-order valence-electron chi connectivity index (χ3n) is 2.29. The van der Waals surface area contributed by atoms with E-state index in [1.54, 1.807) is 0 Å². The van der Waals surface area contributed by atoms with Crippen LogP contribution >= 0.6 is 15.9 Å². The molecule has 7 heteroatoms. The molecule has 0 unspecified atom stereocenters. The van der Waals surface area contributed by atoms with Crippen LogP contribution in [0.3, 0.4) is 0 Å². The summed E-state index contributed by atoms with van der Waals surface area (Å²) in [6.45, 7) is 0.231. The highest BCUT2D eigenvalue weighted by molar-refractivity contribution is 9.10. The van der Waals surface area contributed by atoms with Gasteiger partial charge in [-0.15, -0.1) is 0 Å². The second-order valence-electron chi connectivity index (χ2n) is 3.57. The van der Waals surface area contributed by atoms with E-state index in [0.29, 0.717) is 6.42 Å². The Morgan fingerprint density at radius 3 is 2.41 bits per heavy atom. The molecule has 0 saturated carbocycles. The van der Waals surface area contributed by atoms with Gasteiger partial charge in [-0.1, -0.05) is 15.9 Å². The van der Waals surface area contributed by atoms with Gasteiger partial charge in [0, 0.05) is 16.1 Å². The van der Waals surface area contributed by atoms with Gasteiger partial charge in [-0.2, -0.15) is 13.2 Å². The lowest BCUT2D eigenvalue weighted by Crippen LogP contribution is -2.17. The summed E-state index contributed by atoms with van der Waals surface area (Å²) in [5.41, 5.74) is 9.88. The summed E-state index contributed by atoms with van der Waals surface area (Å²) in [6.07, 6.45) is -4.33. The quantitative estimate of drug-likeness (QED) is 0.803. The molecule has 1 atom stereocenters. The molecule has 1 aromatic rings. The first-order valence-electron chi connectivity index (χ1n) is 4.82. The maximum absolute atomic E-state index is 12.6. The van der Waals surface area contributed by atoms with Crippen molar-refractivity contribution in [1.29, 1.82) is 0 Å². The fraction of sp³-hybridized carbons (Fsp3) is 0.400. The van der Waals surface area contributed by atoms with E-state index in [0.717, 1.165) is 6.07 Å². The maximum Gasteiger partial charge on any atom is 0.420 e. The Labute approximate surface area is 105 Å². The van der Waals surface area contributed by atoms with Crippen molar-refractivity contribution in [1.82, 2.24) is 0 Å². The van der Waals surface area contributed by atoms with Crippen molar-refractivity contribution < 1.29 is 18.3 Å². The van der Waals surface area contributed by atoms with Crippen LogP contribution in [0.4, 0.5) is 13.2 Å². The number of nitrogens with two attached hydrogens (primary N) is 2. The van der Waals surface area contributed by atoms with Gasteiger partial charge in [0.05, 0.1) is 5.56 Å². The van der Waals surface area contributed by atoms with Crippen LogP contribution in [0.2, 0.25) is 0 Å². The van der Waals surface area contributed by atoms with E-state index >= 15 is 0 Å². The Hall–Kier alpha value is -0.790. The lowest BCUT2D eigenvalue weighted by atomic mass is 10.00. The summed E-state index contributed by atoms with van der Waals surface area (Å²) in [6, 6.07) is 1.46. The molecule has 0 fully saturated rings. The number of hydrogen-bond donors (Lipinski definition) is 3. The molecule has 0 heterocycles. The van der Waals surface area contributed by atoms with Gasteiger partial charge in [0.2, 0.25) is 0 Å². The van der Waals surface area contributed by atoms with E-state index in [4.69, 9.17) is 11.5 Å². The number of phenolic OH excluding ortho intramolecular Hbond substituents is 1. The third-order valence-corrected chi connectivity index (χ3v) is 2.74. The van der Waals surface area contributed by atoms with Gasteiger partial charge in [0.15, 0.2) is 0 Å². The van der Waals surface area contributed by atoms with Crippen molar-refractivity contribution in [3.8, 4) is 5.75 Å². The number of rotatable bonds is 3. The number of alkyl halides is 3. The predicted molar refractivity (Wildman–Crippen MR) is 61.4 cm³/mol. The second kappa shape index (κ2) is 5.24. The molecular weight excluding hydrogens is 301 g/mol. The molecule has 0 amide bonds. The van der Waals surface area contributed by atoms with Gasteiger partial charge < -0.3 is 16.6 Å². The molecule has 3 nitrogen and oxygen atoms in total. The van der Waals surface area contributed by atoms with Gasteiger partial charge in [0.25, 0.3) is 0 Å². The average molecular weight is 313 g/mol. The molecule has 17 heavy (non-hydrogen) atoms. The van der Waals surface area contributed by atoms with Crippen molar-refractivity contribution in [2.75, 3.05) is 6.54 Å². The van der Waals surface area contributed by atoms with E-state index in [-0.39, 0.29) is 16.6 Å². The Morgan fingerprint density at radius 1 is 1.35 bits per heavy atom. The van der Waals surface area contributed by atoms with Gasteiger partial charge in [-0.3, -0.25) is 0 Å². The van der Waals surface area contributed by atoms with E-state index in [9.17, 15) is 18.3 Å². The van der Waals surface area contributed by atoms with Crippen LogP contribution in [0, 0.1) is 0 Å². The minimum atomic E-state index is -4.62. The normalized spacial score (nSPS) is 13.8. The standard InChI is InChI=1S/C10H12BrF3N2O/c11-5-3-6(8(16)1-2-15)9(17)7(4-5)10(12,13)14/h3-4,8,17H,1-2,15-16H2/t8-/m1/s1. The summed E-state index contributed by atoms with van der Waals surface area (Å²) in [7, 11) is 0. The smallest absolute Gasteiger partial charge is 0.420 e. The first-order valence-corrected chi connectivity index (χ1v) is 5.62. The summed E-state index contributed by atoms with van der Waals surface area (Å²) in [4.78, 5) is 0. The zero-order valence-corrected chi connectivity index (χ0v) is 10.3. The topological polar surface area (TPSA) is 72.3 Å². The molecule has 1 rings (SSSR count). The van der Waals surface area contributed by atoms with E-state index in [2.05, 4.69) is 15.9 Å². The van der Waals surface area contributed by atoms with E-state index < -0.39 is 23.5 Å². The molecular formula is C10H12BrF3N2O. The summed E-state index contributed by atoms with van der Waals surface area (Å²) >= 11 is 2.96. The summed E-state index contributed by atoms with van der Waals surface area (Å²) < 4.78 is 38.0. The molecule has 0 aliphatic heterocycles. The Kier molecular flexibility index (Phi) is 4.40. The first-order chi connectivity index (χ1) is 7.77. The fourth-order valence-corrected chi connectivity index (χ4v) is 1.93. The highest BCUT2D eigenvalue weighted by Gasteiger charge is 2.35. The maximum atomic E-state index is 12.6. The minimum absolute atomic E-state index is 0.0390. The van der Waals surface area contributed by atoms with Crippen LogP contribution in [-0.2, 0) is 6.18 Å². The van der Waals surface area contributed by atoms with Crippen molar-refractivity contribution >= 4 is 15.9 Å². The molecule has 0 aliphatic rings. The molecule has 1 aromatic carbocycles. The molecule has 0 aliphatic carbocycles. The predicted octanol–water partition coefficient (Wildman–Crippen LogP) is 2.52. The minimum Gasteiger partial charge on any atom is -0.507 e. The molecule has 0 radical (unpaired) electrons. The summed E-state index contributed by atoms with van der Waals surface area (Å²) in [5.74, 6) is -0.832. The highest BCUT2D eigenvalue weighted by Crippen LogP contribution is 2.41. The number of benzene rings is 1. The fourth-order valence-electron chi connectivity index (χ4n) is 1.45. The van der Waals surface area contributed by atoms with Gasteiger partial charge >= 0.3 is 6.18 Å². The van der Waals surface area contributed by atoms with Crippen LogP contribution < -0.4 is 11.5 Å². The largest absolute Gasteiger partial charge is 0.507 e. The molecule has 5 N–H and O–H groups in total. The lowest BCUT2D eigenvalue weighted by molar-refractivity contribution is -0.138. The van der Waals surface area contributed by atoms with Crippen molar-refractivity contribution in [2.24, 2.45) is 11.5 Å². The van der Waals surface area contributed by atoms with E-state index in [1.807, 2.05) is 0 Å². The van der Waals surface area contributed by atoms with Crippen molar-refractivity contribution in [3.63, 3.8) is 0 Å². The molecule has 0 bridgehead atoms. The monoisotopic (exact) mass is 312 g/mol. The third kappa shape index (κ3) is 3.34. The van der Waals surface area contributed by atoms with E-state index in [1.165, 1.54) is 6.07 Å². The zero-order chi connectivity index (χ0) is 13.2. The SMILES string of the molecule is NCC[C@@H](N)c1cc(Br)cc(C(F)(F)F)c1O. The van der Waals surface area contributed by atoms with Gasteiger partial charge in [-0.25, -0.2) is 0 Å². The Morgan fingerprint density at radius 2 is 1.94 bits per heavy atom. The van der Waals surface area contributed by atoms with Crippen LogP contribution in [0.1, 0.15) is 23.6 Å².